The van der Waals surface area contributed by atoms with Gasteiger partial charge in [0, 0.05) is 10.0 Å². The number of rotatable bonds is 2. The second-order valence-corrected chi connectivity index (χ2v) is 4.05. The van der Waals surface area contributed by atoms with Crippen molar-refractivity contribution in [2.24, 2.45) is 0 Å². The van der Waals surface area contributed by atoms with Crippen LogP contribution in [-0.2, 0) is 0 Å². The minimum atomic E-state index is -1.02. The Morgan fingerprint density at radius 2 is 1.88 bits per heavy atom. The molecule has 0 saturated heterocycles. The van der Waals surface area contributed by atoms with Crippen LogP contribution in [0.2, 0.25) is 0 Å². The van der Waals surface area contributed by atoms with Crippen LogP contribution in [0.4, 0.5) is 0 Å². The molecule has 4 heteroatoms. The van der Waals surface area contributed by atoms with E-state index in [2.05, 4.69) is 20.9 Å². The van der Waals surface area contributed by atoms with Crippen LogP contribution in [-0.4, -0.2) is 16.1 Å². The molecular formula is C12H8BrNO2. The second-order valence-electron chi connectivity index (χ2n) is 3.19. The topological polar surface area (TPSA) is 50.2 Å². The summed E-state index contributed by atoms with van der Waals surface area (Å²) in [6, 6.07) is 12.5. The van der Waals surface area contributed by atoms with Crippen LogP contribution < -0.4 is 0 Å². The third-order valence-electron chi connectivity index (χ3n) is 2.12. The molecule has 0 amide bonds. The molecule has 0 fully saturated rings. The van der Waals surface area contributed by atoms with Gasteiger partial charge < -0.3 is 5.11 Å². The lowest BCUT2D eigenvalue weighted by Gasteiger charge is -2.04. The van der Waals surface area contributed by atoms with E-state index in [1.165, 1.54) is 6.07 Å². The molecule has 0 atom stereocenters. The van der Waals surface area contributed by atoms with E-state index in [0.717, 1.165) is 10.0 Å². The van der Waals surface area contributed by atoms with Gasteiger partial charge in [-0.15, -0.1) is 0 Å². The maximum absolute atomic E-state index is 10.8. The third kappa shape index (κ3) is 2.12. The van der Waals surface area contributed by atoms with Crippen molar-refractivity contribution in [2.45, 2.75) is 0 Å². The summed E-state index contributed by atoms with van der Waals surface area (Å²) in [6.07, 6.45) is 0. The second kappa shape index (κ2) is 4.45. The Morgan fingerprint density at radius 3 is 2.56 bits per heavy atom. The number of carbonyl (C=O) groups is 1. The number of nitrogens with zero attached hydrogens (tertiary/aromatic N) is 1. The average Bonchev–Trinajstić information content (AvgIpc) is 2.30. The van der Waals surface area contributed by atoms with E-state index in [1.807, 2.05) is 24.3 Å². The Bertz CT molecular complexity index is 540. The van der Waals surface area contributed by atoms with Gasteiger partial charge in [-0.1, -0.05) is 40.2 Å². The molecule has 16 heavy (non-hydrogen) atoms. The Hall–Kier alpha value is -1.68. The minimum Gasteiger partial charge on any atom is -0.477 e. The van der Waals surface area contributed by atoms with Crippen molar-refractivity contribution in [1.29, 1.82) is 0 Å². The molecule has 0 aliphatic rings. The van der Waals surface area contributed by atoms with E-state index < -0.39 is 5.97 Å². The van der Waals surface area contributed by atoms with Gasteiger partial charge >= 0.3 is 5.97 Å². The molecule has 3 nitrogen and oxygen atoms in total. The van der Waals surface area contributed by atoms with Crippen LogP contribution >= 0.6 is 15.9 Å². The van der Waals surface area contributed by atoms with Gasteiger partial charge in [-0.25, -0.2) is 9.78 Å². The predicted molar refractivity (Wildman–Crippen MR) is 64.3 cm³/mol. The van der Waals surface area contributed by atoms with Crippen LogP contribution in [0.1, 0.15) is 10.5 Å². The molecule has 1 heterocycles. The summed E-state index contributed by atoms with van der Waals surface area (Å²) in [4.78, 5) is 14.9. The number of hydrogen-bond acceptors (Lipinski definition) is 2. The number of halogens is 1. The molecule has 1 aromatic carbocycles. The van der Waals surface area contributed by atoms with Gasteiger partial charge in [0.15, 0.2) is 0 Å². The molecule has 1 aromatic heterocycles. The van der Waals surface area contributed by atoms with Gasteiger partial charge in [0.25, 0.3) is 0 Å². The van der Waals surface area contributed by atoms with Crippen molar-refractivity contribution in [2.75, 3.05) is 0 Å². The lowest BCUT2D eigenvalue weighted by atomic mass is 10.1. The fourth-order valence-corrected chi connectivity index (χ4v) is 1.86. The average molecular weight is 278 g/mol. The summed E-state index contributed by atoms with van der Waals surface area (Å²) < 4.78 is 0.894. The highest BCUT2D eigenvalue weighted by molar-refractivity contribution is 9.10. The number of hydrogen-bond donors (Lipinski definition) is 1. The van der Waals surface area contributed by atoms with Crippen LogP contribution in [0.25, 0.3) is 11.3 Å². The predicted octanol–water partition coefficient (Wildman–Crippen LogP) is 3.21. The van der Waals surface area contributed by atoms with E-state index in [4.69, 9.17) is 5.11 Å². The first-order valence-corrected chi connectivity index (χ1v) is 5.43. The maximum atomic E-state index is 10.8. The summed E-state index contributed by atoms with van der Waals surface area (Å²) in [5.41, 5.74) is 1.58. The maximum Gasteiger partial charge on any atom is 0.354 e. The molecule has 0 aliphatic carbocycles. The first-order chi connectivity index (χ1) is 7.68. The number of carboxylic acid groups (broad SMARTS) is 1. The van der Waals surface area contributed by atoms with Crippen LogP contribution in [0.3, 0.4) is 0 Å². The van der Waals surface area contributed by atoms with Crippen molar-refractivity contribution in [1.82, 2.24) is 4.98 Å². The Morgan fingerprint density at radius 1 is 1.12 bits per heavy atom. The molecular weight excluding hydrogens is 270 g/mol. The Kier molecular flexibility index (Phi) is 3.01. The van der Waals surface area contributed by atoms with Crippen LogP contribution in [0, 0.1) is 0 Å². The van der Waals surface area contributed by atoms with Gasteiger partial charge in [0.1, 0.15) is 5.69 Å². The zero-order chi connectivity index (χ0) is 11.5. The first kappa shape index (κ1) is 10.8. The molecule has 0 bridgehead atoms. The SMILES string of the molecule is O=C(O)c1cccc(-c2ccccc2Br)n1. The highest BCUT2D eigenvalue weighted by Crippen LogP contribution is 2.26. The molecule has 80 valence electrons. The molecule has 2 rings (SSSR count). The summed E-state index contributed by atoms with van der Waals surface area (Å²) >= 11 is 3.41. The zero-order valence-electron chi connectivity index (χ0n) is 8.22. The highest BCUT2D eigenvalue weighted by atomic mass is 79.9. The van der Waals surface area contributed by atoms with Gasteiger partial charge in [-0.3, -0.25) is 0 Å². The number of aromatic nitrogens is 1. The summed E-state index contributed by atoms with van der Waals surface area (Å²) in [6.45, 7) is 0. The molecule has 1 N–H and O–H groups in total. The number of aromatic carboxylic acids is 1. The number of pyridine rings is 1. The Labute approximate surface area is 101 Å². The first-order valence-electron chi connectivity index (χ1n) is 4.64. The van der Waals surface area contributed by atoms with E-state index in [1.54, 1.807) is 12.1 Å². The minimum absolute atomic E-state index is 0.0493. The van der Waals surface area contributed by atoms with E-state index in [0.29, 0.717) is 5.69 Å². The Balaban J connectivity index is 2.53. The fourth-order valence-electron chi connectivity index (χ4n) is 1.37. The van der Waals surface area contributed by atoms with Gasteiger partial charge in [-0.2, -0.15) is 0 Å². The normalized spacial score (nSPS) is 10.1. The zero-order valence-corrected chi connectivity index (χ0v) is 9.81. The molecule has 2 aromatic rings. The van der Waals surface area contributed by atoms with Crippen LogP contribution in [0.15, 0.2) is 46.9 Å². The third-order valence-corrected chi connectivity index (χ3v) is 2.81. The van der Waals surface area contributed by atoms with Crippen molar-refractivity contribution in [3.05, 3.63) is 52.6 Å². The summed E-state index contributed by atoms with van der Waals surface area (Å²) in [5.74, 6) is -1.02. The fraction of sp³-hybridized carbons (Fsp3) is 0. The lowest BCUT2D eigenvalue weighted by Crippen LogP contribution is -2.00. The smallest absolute Gasteiger partial charge is 0.354 e. The summed E-state index contributed by atoms with van der Waals surface area (Å²) in [5, 5.41) is 8.85. The lowest BCUT2D eigenvalue weighted by molar-refractivity contribution is 0.0690. The van der Waals surface area contributed by atoms with Crippen molar-refractivity contribution in [3.63, 3.8) is 0 Å². The van der Waals surface area contributed by atoms with Gasteiger partial charge in [0.05, 0.1) is 5.69 Å². The van der Waals surface area contributed by atoms with Crippen molar-refractivity contribution >= 4 is 21.9 Å². The van der Waals surface area contributed by atoms with Crippen molar-refractivity contribution < 1.29 is 9.90 Å². The molecule has 0 unspecified atom stereocenters. The number of benzene rings is 1. The van der Waals surface area contributed by atoms with Crippen LogP contribution in [0.5, 0.6) is 0 Å². The number of carboxylic acids is 1. The van der Waals surface area contributed by atoms with Crippen molar-refractivity contribution in [3.8, 4) is 11.3 Å². The largest absolute Gasteiger partial charge is 0.477 e. The van der Waals surface area contributed by atoms with E-state index in [-0.39, 0.29) is 5.69 Å². The quantitative estimate of drug-likeness (QED) is 0.917. The van der Waals surface area contributed by atoms with E-state index >= 15 is 0 Å². The molecule has 0 radical (unpaired) electrons. The highest BCUT2D eigenvalue weighted by Gasteiger charge is 2.08. The molecule has 0 aliphatic heterocycles. The van der Waals surface area contributed by atoms with Gasteiger partial charge in [-0.05, 0) is 18.2 Å². The molecule has 0 saturated carbocycles. The summed E-state index contributed by atoms with van der Waals surface area (Å²) in [7, 11) is 0. The standard InChI is InChI=1S/C12H8BrNO2/c13-9-5-2-1-4-8(9)10-6-3-7-11(14-10)12(15)16/h1-7H,(H,15,16). The molecule has 0 spiro atoms. The van der Waals surface area contributed by atoms with Gasteiger partial charge in [0.2, 0.25) is 0 Å². The van der Waals surface area contributed by atoms with E-state index in [9.17, 15) is 4.79 Å². The monoisotopic (exact) mass is 277 g/mol.